The highest BCUT2D eigenvalue weighted by atomic mass is 32.2. The van der Waals surface area contributed by atoms with Gasteiger partial charge in [0.05, 0.1) is 26.8 Å². The minimum absolute atomic E-state index is 0.205. The van der Waals surface area contributed by atoms with Gasteiger partial charge in [0, 0.05) is 35.1 Å². The van der Waals surface area contributed by atoms with E-state index in [9.17, 15) is 24.0 Å². The Bertz CT molecular complexity index is 1250. The zero-order valence-electron chi connectivity index (χ0n) is 17.0. The van der Waals surface area contributed by atoms with Gasteiger partial charge in [0.1, 0.15) is 17.1 Å². The molecule has 1 unspecified atom stereocenters. The predicted molar refractivity (Wildman–Crippen MR) is 114 cm³/mol. The van der Waals surface area contributed by atoms with Crippen LogP contribution in [-0.4, -0.2) is 33.1 Å². The number of phenolic OH excluding ortho intramolecular Hbond substituents is 2. The molecule has 3 atom stereocenters. The molecule has 158 valence electrons. The third kappa shape index (κ3) is 2.63. The average molecular weight is 436 g/mol. The summed E-state index contributed by atoms with van der Waals surface area (Å²) in [6.07, 6.45) is 5.98. The van der Waals surface area contributed by atoms with E-state index in [0.717, 1.165) is 11.6 Å². The average Bonchev–Trinajstić information content (AvgIpc) is 2.78. The second kappa shape index (κ2) is 6.73. The van der Waals surface area contributed by atoms with Crippen LogP contribution in [0.4, 0.5) is 0 Å². The molecule has 0 radical (unpaired) electrons. The van der Waals surface area contributed by atoms with Crippen LogP contribution < -0.4 is 0 Å². The van der Waals surface area contributed by atoms with E-state index in [0.29, 0.717) is 28.9 Å². The maximum atomic E-state index is 13.3. The number of methoxy groups -OCH3 is 1. The largest absolute Gasteiger partial charge is 0.507 e. The van der Waals surface area contributed by atoms with E-state index >= 15 is 0 Å². The minimum atomic E-state index is -1.91. The highest BCUT2D eigenvalue weighted by Crippen LogP contribution is 2.58. The Hall–Kier alpha value is -3.03. The standard InChI is InChI=1S/C24H20O6S/c1-12-3-5-14(6-4-12)31(29)16-11-15(25)18-19(21(16)26)22(27)17-13-7-9-24(30-2,10-8-13)20(17)23(18)28/h3-7,9,11,13,27-28H,8,10H2,1-2H3/t13-,24-,31?/m0/s1. The zero-order valence-corrected chi connectivity index (χ0v) is 17.8. The van der Waals surface area contributed by atoms with Crippen LogP contribution in [0.25, 0.3) is 0 Å². The Morgan fingerprint density at radius 3 is 2.42 bits per heavy atom. The third-order valence-electron chi connectivity index (χ3n) is 6.46. The lowest BCUT2D eigenvalue weighted by molar-refractivity contribution is 0.00415. The summed E-state index contributed by atoms with van der Waals surface area (Å²) >= 11 is 0. The molecular weight excluding hydrogens is 416 g/mol. The van der Waals surface area contributed by atoms with Crippen LogP contribution in [0.1, 0.15) is 56.2 Å². The van der Waals surface area contributed by atoms with Gasteiger partial charge in [-0.1, -0.05) is 29.8 Å². The molecule has 0 amide bonds. The molecule has 0 saturated carbocycles. The SMILES string of the molecule is CO[C@@]12C=C[C@@H](CC1)c1c(O)c3c(c(O)c12)C(=O)C=C(S(=O)c1ccc(C)cc1)C3=O. The zero-order chi connectivity index (χ0) is 22.1. The quantitative estimate of drug-likeness (QED) is 0.561. The first-order valence-corrected chi connectivity index (χ1v) is 11.1. The molecule has 31 heavy (non-hydrogen) atoms. The van der Waals surface area contributed by atoms with E-state index in [4.69, 9.17) is 4.74 Å². The number of allylic oxidation sites excluding steroid dienone is 3. The molecule has 4 aliphatic carbocycles. The predicted octanol–water partition coefficient (Wildman–Crippen LogP) is 3.77. The van der Waals surface area contributed by atoms with Gasteiger partial charge in [-0.3, -0.25) is 9.59 Å². The Morgan fingerprint density at radius 1 is 1.10 bits per heavy atom. The molecule has 0 heterocycles. The van der Waals surface area contributed by atoms with Crippen molar-refractivity contribution >= 4 is 22.4 Å². The summed E-state index contributed by atoms with van der Waals surface area (Å²) in [5, 5.41) is 22.2. The molecule has 7 heteroatoms. The number of rotatable bonds is 3. The Morgan fingerprint density at radius 2 is 1.81 bits per heavy atom. The van der Waals surface area contributed by atoms with Crippen molar-refractivity contribution in [3.05, 3.63) is 75.2 Å². The van der Waals surface area contributed by atoms with E-state index in [1.165, 1.54) is 7.11 Å². The lowest BCUT2D eigenvalue weighted by Crippen LogP contribution is -2.37. The number of ether oxygens (including phenoxy) is 1. The number of carbonyl (C=O) groups excluding carboxylic acids is 2. The van der Waals surface area contributed by atoms with Crippen LogP contribution in [0, 0.1) is 6.92 Å². The first-order chi connectivity index (χ1) is 14.8. The van der Waals surface area contributed by atoms with Crippen LogP contribution in [-0.2, 0) is 21.1 Å². The van der Waals surface area contributed by atoms with Gasteiger partial charge >= 0.3 is 0 Å². The summed E-state index contributed by atoms with van der Waals surface area (Å²) in [6.45, 7) is 1.89. The van der Waals surface area contributed by atoms with Gasteiger partial charge in [-0.15, -0.1) is 0 Å². The van der Waals surface area contributed by atoms with Crippen molar-refractivity contribution in [2.24, 2.45) is 0 Å². The molecule has 2 aromatic rings. The molecule has 2 N–H and O–H groups in total. The van der Waals surface area contributed by atoms with E-state index in [1.54, 1.807) is 24.3 Å². The van der Waals surface area contributed by atoms with Crippen molar-refractivity contribution < 1.29 is 28.7 Å². The summed E-state index contributed by atoms with van der Waals surface area (Å²) in [5.41, 5.74) is 0.196. The van der Waals surface area contributed by atoms with Gasteiger partial charge in [-0.05, 0) is 31.9 Å². The highest BCUT2D eigenvalue weighted by Gasteiger charge is 2.49. The summed E-state index contributed by atoms with van der Waals surface area (Å²) in [5.74, 6) is -2.29. The van der Waals surface area contributed by atoms with Crippen molar-refractivity contribution in [2.75, 3.05) is 7.11 Å². The van der Waals surface area contributed by atoms with Crippen molar-refractivity contribution in [3.63, 3.8) is 0 Å². The molecule has 0 spiro atoms. The van der Waals surface area contributed by atoms with Gasteiger partial charge in [0.15, 0.2) is 5.78 Å². The second-order valence-electron chi connectivity index (χ2n) is 8.12. The maximum absolute atomic E-state index is 13.3. The number of aromatic hydroxyl groups is 2. The Kier molecular flexibility index (Phi) is 4.32. The van der Waals surface area contributed by atoms with Crippen molar-refractivity contribution in [1.82, 2.24) is 0 Å². The van der Waals surface area contributed by atoms with Gasteiger partial charge in [0.2, 0.25) is 5.78 Å². The number of carbonyl (C=O) groups is 2. The number of ketones is 2. The van der Waals surface area contributed by atoms with Crippen molar-refractivity contribution in [3.8, 4) is 11.5 Å². The summed E-state index contributed by atoms with van der Waals surface area (Å²) in [6, 6.07) is 6.80. The Labute approximate surface area is 181 Å². The fraction of sp³-hybridized carbons (Fsp3) is 0.250. The summed E-state index contributed by atoms with van der Waals surface area (Å²) in [7, 11) is -0.400. The molecule has 2 bridgehead atoms. The molecule has 6 nitrogen and oxygen atoms in total. The number of benzene rings is 2. The Balaban J connectivity index is 1.70. The van der Waals surface area contributed by atoms with Crippen LogP contribution in [0.3, 0.4) is 0 Å². The lowest BCUT2D eigenvalue weighted by atomic mass is 9.66. The molecule has 6 rings (SSSR count). The lowest BCUT2D eigenvalue weighted by Gasteiger charge is -2.44. The number of phenols is 2. The monoisotopic (exact) mass is 436 g/mol. The van der Waals surface area contributed by atoms with Crippen molar-refractivity contribution in [2.45, 2.75) is 36.2 Å². The maximum Gasteiger partial charge on any atom is 0.207 e. The molecule has 0 aromatic heterocycles. The molecule has 0 aliphatic heterocycles. The van der Waals surface area contributed by atoms with Crippen molar-refractivity contribution in [1.29, 1.82) is 0 Å². The van der Waals surface area contributed by atoms with Crippen LogP contribution in [0.2, 0.25) is 0 Å². The normalized spacial score (nSPS) is 24.6. The summed E-state index contributed by atoms with van der Waals surface area (Å²) < 4.78 is 18.8. The molecule has 0 saturated heterocycles. The number of Topliss-reactive ketones (excluding diaryl/α,β-unsaturated/α-hetero) is 1. The molecular formula is C24H20O6S. The molecule has 4 aliphatic rings. The second-order valence-corrected chi connectivity index (χ2v) is 9.57. The van der Waals surface area contributed by atoms with Crippen LogP contribution >= 0.6 is 0 Å². The first-order valence-electron chi connectivity index (χ1n) is 9.95. The minimum Gasteiger partial charge on any atom is -0.507 e. The van der Waals surface area contributed by atoms with Gasteiger partial charge < -0.3 is 14.9 Å². The van der Waals surface area contributed by atoms with E-state index < -0.39 is 28.0 Å². The van der Waals surface area contributed by atoms with E-state index in [-0.39, 0.29) is 33.4 Å². The number of fused-ring (bicyclic) bond motifs is 2. The van der Waals surface area contributed by atoms with Gasteiger partial charge in [-0.2, -0.15) is 0 Å². The smallest absolute Gasteiger partial charge is 0.207 e. The summed E-state index contributed by atoms with van der Waals surface area (Å²) in [4.78, 5) is 26.5. The number of aryl methyl sites for hydroxylation is 1. The van der Waals surface area contributed by atoms with E-state index in [2.05, 4.69) is 0 Å². The number of hydrogen-bond acceptors (Lipinski definition) is 6. The van der Waals surface area contributed by atoms with Crippen LogP contribution in [0.5, 0.6) is 11.5 Å². The van der Waals surface area contributed by atoms with E-state index in [1.807, 2.05) is 19.1 Å². The first kappa shape index (κ1) is 19.9. The van der Waals surface area contributed by atoms with Crippen LogP contribution in [0.15, 0.2) is 52.3 Å². The molecule has 2 aromatic carbocycles. The van der Waals surface area contributed by atoms with Gasteiger partial charge in [0.25, 0.3) is 0 Å². The van der Waals surface area contributed by atoms with Gasteiger partial charge in [-0.25, -0.2) is 4.21 Å². The number of hydrogen-bond donors (Lipinski definition) is 2. The fourth-order valence-electron chi connectivity index (χ4n) is 4.84. The topological polar surface area (TPSA) is 101 Å². The molecule has 0 fully saturated rings. The fourth-order valence-corrected chi connectivity index (χ4v) is 5.96. The third-order valence-corrected chi connectivity index (χ3v) is 7.86. The highest BCUT2D eigenvalue weighted by molar-refractivity contribution is 7.90.